The van der Waals surface area contributed by atoms with Crippen LogP contribution in [0.2, 0.25) is 0 Å². The predicted molar refractivity (Wildman–Crippen MR) is 129 cm³/mol. The third-order valence-electron chi connectivity index (χ3n) is 6.21. The number of hydrogen-bond acceptors (Lipinski definition) is 3. The summed E-state index contributed by atoms with van der Waals surface area (Å²) in [5.74, 6) is 0.862. The number of nitrogens with one attached hydrogen (secondary N) is 1. The Kier molecular flexibility index (Phi) is 10.2. The van der Waals surface area contributed by atoms with Gasteiger partial charge in [0.2, 0.25) is 0 Å². The maximum absolute atomic E-state index is 12.5. The van der Waals surface area contributed by atoms with E-state index in [9.17, 15) is 9.90 Å². The Bertz CT molecular complexity index is 781. The molecule has 31 heavy (non-hydrogen) atoms. The first kappa shape index (κ1) is 25.0. The molecule has 1 aromatic carbocycles. The van der Waals surface area contributed by atoms with Gasteiger partial charge in [0.15, 0.2) is 0 Å². The van der Waals surface area contributed by atoms with Crippen LogP contribution in [0.4, 0.5) is 4.79 Å². The third-order valence-corrected chi connectivity index (χ3v) is 6.21. The van der Waals surface area contributed by atoms with Crippen LogP contribution in [-0.2, 0) is 6.42 Å². The van der Waals surface area contributed by atoms with Crippen molar-refractivity contribution in [2.24, 2.45) is 5.92 Å². The summed E-state index contributed by atoms with van der Waals surface area (Å²) in [6.45, 7) is 13.3. The van der Waals surface area contributed by atoms with Crippen LogP contribution in [0, 0.1) is 5.92 Å². The summed E-state index contributed by atoms with van der Waals surface area (Å²) >= 11 is 0. The summed E-state index contributed by atoms with van der Waals surface area (Å²) < 4.78 is 5.80. The molecule has 0 saturated heterocycles. The topological polar surface area (TPSA) is 58.6 Å². The first-order valence-electron chi connectivity index (χ1n) is 12.0. The molecule has 2 rings (SSSR count). The maximum Gasteiger partial charge on any atom is 0.412 e. The van der Waals surface area contributed by atoms with Gasteiger partial charge in [-0.25, -0.2) is 4.79 Å². The first-order valence-corrected chi connectivity index (χ1v) is 12.0. The van der Waals surface area contributed by atoms with Crippen LogP contribution in [-0.4, -0.2) is 17.7 Å². The van der Waals surface area contributed by atoms with Crippen LogP contribution in [0.1, 0.15) is 96.1 Å². The molecule has 0 aliphatic heterocycles. The summed E-state index contributed by atoms with van der Waals surface area (Å²) in [7, 11) is 0. The van der Waals surface area contributed by atoms with E-state index in [1.165, 1.54) is 5.57 Å². The van der Waals surface area contributed by atoms with Crippen molar-refractivity contribution in [1.29, 1.82) is 0 Å². The molecule has 0 heterocycles. The fourth-order valence-corrected chi connectivity index (χ4v) is 4.42. The molecule has 1 amide bonds. The van der Waals surface area contributed by atoms with Crippen molar-refractivity contribution in [3.63, 3.8) is 0 Å². The zero-order valence-electron chi connectivity index (χ0n) is 19.9. The molecule has 0 radical (unpaired) electrons. The highest BCUT2D eigenvalue weighted by Gasteiger charge is 2.31. The van der Waals surface area contributed by atoms with Gasteiger partial charge in [0, 0.05) is 18.0 Å². The monoisotopic (exact) mass is 427 g/mol. The van der Waals surface area contributed by atoms with E-state index in [1.807, 2.05) is 19.1 Å². The lowest BCUT2D eigenvalue weighted by Crippen LogP contribution is -2.28. The Hall–Kier alpha value is -2.23. The van der Waals surface area contributed by atoms with Crippen LogP contribution < -0.4 is 10.1 Å². The molecule has 0 aromatic heterocycles. The SMILES string of the molecule is C=C(C)[C@@H]1CCC(C)=C[C@H]1c1c(O)cc(CCCCC)cc1OC(=O)NCCCCC. The lowest BCUT2D eigenvalue weighted by molar-refractivity contribution is 0.199. The fraction of sp³-hybridized carbons (Fsp3) is 0.593. The average Bonchev–Trinajstić information content (AvgIpc) is 2.71. The Morgan fingerprint density at radius 2 is 1.90 bits per heavy atom. The summed E-state index contributed by atoms with van der Waals surface area (Å²) in [4.78, 5) is 12.5. The number of carbonyl (C=O) groups excluding carboxylic acids is 1. The van der Waals surface area contributed by atoms with Gasteiger partial charge in [0.25, 0.3) is 0 Å². The number of phenolic OH excluding ortho intramolecular Hbond substituents is 1. The van der Waals surface area contributed by atoms with Crippen molar-refractivity contribution in [3.05, 3.63) is 47.1 Å². The number of hydrogen-bond donors (Lipinski definition) is 2. The molecule has 172 valence electrons. The minimum Gasteiger partial charge on any atom is -0.507 e. The Labute approximate surface area is 188 Å². The van der Waals surface area contributed by atoms with Crippen molar-refractivity contribution in [2.75, 3.05) is 6.54 Å². The lowest BCUT2D eigenvalue weighted by Gasteiger charge is -2.32. The smallest absolute Gasteiger partial charge is 0.412 e. The molecule has 0 unspecified atom stereocenters. The molecule has 1 aliphatic rings. The molecule has 0 saturated carbocycles. The highest BCUT2D eigenvalue weighted by Crippen LogP contribution is 2.47. The molecule has 1 aromatic rings. The Morgan fingerprint density at radius 3 is 2.58 bits per heavy atom. The number of unbranched alkanes of at least 4 members (excludes halogenated alkanes) is 4. The molecule has 4 heteroatoms. The largest absolute Gasteiger partial charge is 0.507 e. The number of rotatable bonds is 11. The van der Waals surface area contributed by atoms with Crippen LogP contribution >= 0.6 is 0 Å². The van der Waals surface area contributed by atoms with E-state index in [1.54, 1.807) is 0 Å². The molecule has 0 bridgehead atoms. The lowest BCUT2D eigenvalue weighted by atomic mass is 9.73. The van der Waals surface area contributed by atoms with Gasteiger partial charge in [-0.05, 0) is 69.6 Å². The number of allylic oxidation sites excluding steroid dienone is 3. The van der Waals surface area contributed by atoms with Crippen molar-refractivity contribution >= 4 is 6.09 Å². The van der Waals surface area contributed by atoms with E-state index in [-0.39, 0.29) is 17.6 Å². The van der Waals surface area contributed by atoms with Crippen molar-refractivity contribution in [1.82, 2.24) is 5.32 Å². The molecule has 0 fully saturated rings. The first-order chi connectivity index (χ1) is 14.9. The second-order valence-electron chi connectivity index (χ2n) is 9.04. The average molecular weight is 428 g/mol. The maximum atomic E-state index is 12.5. The second-order valence-corrected chi connectivity index (χ2v) is 9.04. The zero-order valence-corrected chi connectivity index (χ0v) is 19.9. The molecule has 2 N–H and O–H groups in total. The molecular formula is C27H41NO3. The minimum atomic E-state index is -0.453. The number of phenols is 1. The van der Waals surface area contributed by atoms with Gasteiger partial charge in [0.1, 0.15) is 11.5 Å². The van der Waals surface area contributed by atoms with E-state index >= 15 is 0 Å². The number of carbonyl (C=O) groups is 1. The van der Waals surface area contributed by atoms with Crippen molar-refractivity contribution < 1.29 is 14.6 Å². The molecule has 1 aliphatic carbocycles. The molecule has 4 nitrogen and oxygen atoms in total. The minimum absolute atomic E-state index is 0.0427. The van der Waals surface area contributed by atoms with Crippen LogP contribution in [0.5, 0.6) is 11.5 Å². The van der Waals surface area contributed by atoms with Crippen LogP contribution in [0.3, 0.4) is 0 Å². The number of aryl methyl sites for hydroxylation is 1. The predicted octanol–water partition coefficient (Wildman–Crippen LogP) is 7.42. The van der Waals surface area contributed by atoms with Gasteiger partial charge < -0.3 is 15.2 Å². The molecule has 0 spiro atoms. The van der Waals surface area contributed by atoms with E-state index in [0.717, 1.165) is 68.9 Å². The summed E-state index contributed by atoms with van der Waals surface area (Å²) in [5, 5.41) is 13.9. The van der Waals surface area contributed by atoms with Gasteiger partial charge in [-0.3, -0.25) is 0 Å². The van der Waals surface area contributed by atoms with Gasteiger partial charge >= 0.3 is 6.09 Å². The fourth-order valence-electron chi connectivity index (χ4n) is 4.42. The summed E-state index contributed by atoms with van der Waals surface area (Å²) in [6, 6.07) is 3.80. The van der Waals surface area contributed by atoms with E-state index in [4.69, 9.17) is 4.74 Å². The van der Waals surface area contributed by atoms with Crippen molar-refractivity contribution in [2.45, 2.75) is 91.4 Å². The van der Waals surface area contributed by atoms with Gasteiger partial charge in [-0.1, -0.05) is 63.3 Å². The van der Waals surface area contributed by atoms with E-state index in [0.29, 0.717) is 17.9 Å². The van der Waals surface area contributed by atoms with Gasteiger partial charge in [0.05, 0.1) is 0 Å². The number of aromatic hydroxyl groups is 1. The van der Waals surface area contributed by atoms with Gasteiger partial charge in [-0.2, -0.15) is 0 Å². The van der Waals surface area contributed by atoms with Crippen LogP contribution in [0.25, 0.3) is 0 Å². The number of ether oxygens (including phenoxy) is 1. The Balaban J connectivity index is 2.36. The Morgan fingerprint density at radius 1 is 1.19 bits per heavy atom. The molecular weight excluding hydrogens is 386 g/mol. The van der Waals surface area contributed by atoms with Gasteiger partial charge in [-0.15, -0.1) is 0 Å². The van der Waals surface area contributed by atoms with E-state index in [2.05, 4.69) is 38.7 Å². The quantitative estimate of drug-likeness (QED) is 0.285. The second kappa shape index (κ2) is 12.6. The number of benzene rings is 1. The summed E-state index contributed by atoms with van der Waals surface area (Å²) in [6.07, 6.45) is 11.1. The highest BCUT2D eigenvalue weighted by atomic mass is 16.6. The normalized spacial score (nSPS) is 18.4. The highest BCUT2D eigenvalue weighted by molar-refractivity contribution is 5.72. The molecule has 2 atom stereocenters. The van der Waals surface area contributed by atoms with E-state index < -0.39 is 6.09 Å². The standard InChI is InChI=1S/C27H41NO3/c1-6-8-10-12-21-17-24(29)26(23-16-20(5)13-14-22(23)19(3)4)25(18-21)31-27(30)28-15-11-9-7-2/h16-18,22-23,29H,3,6-15H2,1-2,4-5H3,(H,28,30)/t22-,23+/m0/s1. The summed E-state index contributed by atoms with van der Waals surface area (Å²) in [5.41, 5.74) is 4.10. The van der Waals surface area contributed by atoms with Crippen LogP contribution in [0.15, 0.2) is 35.9 Å². The number of amides is 1. The zero-order chi connectivity index (χ0) is 22.8. The third kappa shape index (κ3) is 7.45. The van der Waals surface area contributed by atoms with Crippen molar-refractivity contribution in [3.8, 4) is 11.5 Å².